The largest absolute Gasteiger partial charge is 0.359 e. The second kappa shape index (κ2) is 7.60. The molecule has 106 valence electrons. The zero-order valence-electron chi connectivity index (χ0n) is 11.9. The molecule has 0 aliphatic carbocycles. The van der Waals surface area contributed by atoms with Crippen molar-refractivity contribution < 1.29 is 4.79 Å². The molecular weight excluding hydrogens is 250 g/mol. The molecule has 0 saturated carbocycles. The lowest BCUT2D eigenvalue weighted by molar-refractivity contribution is -0.120. The molecule has 20 heavy (non-hydrogen) atoms. The monoisotopic (exact) mass is 271 g/mol. The minimum absolute atomic E-state index is 0.102. The summed E-state index contributed by atoms with van der Waals surface area (Å²) in [6.07, 6.45) is 4.24. The standard InChI is InChI=1S/C16H21N3O/c1-17-15(20)8-4-10-18-12-9-14-6-2-5-13-7-3-11-19-16(13)14/h2-3,5-7,11,18H,4,8-10,12H2,1H3,(H,17,20). The smallest absolute Gasteiger partial charge is 0.219 e. The summed E-state index contributed by atoms with van der Waals surface area (Å²) in [6, 6.07) is 10.3. The molecule has 0 bridgehead atoms. The molecule has 2 N–H and O–H groups in total. The number of rotatable bonds is 7. The van der Waals surface area contributed by atoms with E-state index in [1.807, 2.05) is 12.3 Å². The van der Waals surface area contributed by atoms with Crippen molar-refractivity contribution in [2.45, 2.75) is 19.3 Å². The Bertz CT molecular complexity index is 563. The van der Waals surface area contributed by atoms with Crippen LogP contribution in [0.2, 0.25) is 0 Å². The number of benzene rings is 1. The molecule has 2 rings (SSSR count). The molecule has 0 saturated heterocycles. The Morgan fingerprint density at radius 3 is 2.90 bits per heavy atom. The van der Waals surface area contributed by atoms with Crippen molar-refractivity contribution in [3.8, 4) is 0 Å². The Kier molecular flexibility index (Phi) is 5.50. The van der Waals surface area contributed by atoms with Gasteiger partial charge in [-0.1, -0.05) is 24.3 Å². The third-order valence-electron chi connectivity index (χ3n) is 3.32. The van der Waals surface area contributed by atoms with Gasteiger partial charge in [-0.05, 0) is 37.6 Å². The van der Waals surface area contributed by atoms with Gasteiger partial charge in [0, 0.05) is 25.1 Å². The van der Waals surface area contributed by atoms with Crippen molar-refractivity contribution in [2.75, 3.05) is 20.1 Å². The Hall–Kier alpha value is -1.94. The molecule has 0 aliphatic heterocycles. The molecule has 0 fully saturated rings. The number of nitrogens with zero attached hydrogens (tertiary/aromatic N) is 1. The summed E-state index contributed by atoms with van der Waals surface area (Å²) in [4.78, 5) is 15.5. The van der Waals surface area contributed by atoms with Crippen molar-refractivity contribution in [2.24, 2.45) is 0 Å². The van der Waals surface area contributed by atoms with Crippen LogP contribution in [-0.2, 0) is 11.2 Å². The lowest BCUT2D eigenvalue weighted by Crippen LogP contribution is -2.22. The highest BCUT2D eigenvalue weighted by Crippen LogP contribution is 2.15. The highest BCUT2D eigenvalue weighted by Gasteiger charge is 2.01. The van der Waals surface area contributed by atoms with E-state index in [9.17, 15) is 4.79 Å². The van der Waals surface area contributed by atoms with Crippen LogP contribution in [0.15, 0.2) is 36.5 Å². The Labute approximate surface area is 119 Å². The van der Waals surface area contributed by atoms with Crippen LogP contribution in [0, 0.1) is 0 Å². The molecule has 4 nitrogen and oxygen atoms in total. The number of fused-ring (bicyclic) bond motifs is 1. The molecule has 1 aromatic heterocycles. The second-order valence-corrected chi connectivity index (χ2v) is 4.77. The topological polar surface area (TPSA) is 54.0 Å². The van der Waals surface area contributed by atoms with Crippen LogP contribution in [0.4, 0.5) is 0 Å². The zero-order valence-corrected chi connectivity index (χ0v) is 11.9. The van der Waals surface area contributed by atoms with Gasteiger partial charge in [-0.25, -0.2) is 0 Å². The zero-order chi connectivity index (χ0) is 14.2. The van der Waals surface area contributed by atoms with E-state index in [0.29, 0.717) is 6.42 Å². The predicted octanol–water partition coefficient (Wildman–Crippen LogP) is 1.89. The summed E-state index contributed by atoms with van der Waals surface area (Å²) in [5, 5.41) is 7.18. The van der Waals surface area contributed by atoms with Crippen molar-refractivity contribution >= 4 is 16.8 Å². The average molecular weight is 271 g/mol. The fourth-order valence-electron chi connectivity index (χ4n) is 2.22. The third-order valence-corrected chi connectivity index (χ3v) is 3.32. The van der Waals surface area contributed by atoms with Crippen molar-refractivity contribution in [1.29, 1.82) is 0 Å². The number of para-hydroxylation sites is 1. The summed E-state index contributed by atoms with van der Waals surface area (Å²) in [5.41, 5.74) is 2.35. The van der Waals surface area contributed by atoms with Crippen molar-refractivity contribution in [3.05, 3.63) is 42.1 Å². The van der Waals surface area contributed by atoms with Crippen molar-refractivity contribution in [1.82, 2.24) is 15.6 Å². The predicted molar refractivity (Wildman–Crippen MR) is 81.6 cm³/mol. The van der Waals surface area contributed by atoms with Gasteiger partial charge in [-0.3, -0.25) is 9.78 Å². The lowest BCUT2D eigenvalue weighted by Gasteiger charge is -2.07. The van der Waals surface area contributed by atoms with Gasteiger partial charge in [0.1, 0.15) is 0 Å². The number of nitrogens with one attached hydrogen (secondary N) is 2. The minimum atomic E-state index is 0.102. The Morgan fingerprint density at radius 1 is 1.20 bits per heavy atom. The SMILES string of the molecule is CNC(=O)CCCNCCc1cccc2cccnc12. The van der Waals surface area contributed by atoms with E-state index in [1.54, 1.807) is 7.05 Å². The van der Waals surface area contributed by atoms with E-state index < -0.39 is 0 Å². The molecular formula is C16H21N3O. The summed E-state index contributed by atoms with van der Waals surface area (Å²) in [7, 11) is 1.67. The van der Waals surface area contributed by atoms with Crippen LogP contribution in [0.25, 0.3) is 10.9 Å². The van der Waals surface area contributed by atoms with Crippen LogP contribution in [0.5, 0.6) is 0 Å². The third kappa shape index (κ3) is 4.03. The van der Waals surface area contributed by atoms with Gasteiger partial charge in [0.25, 0.3) is 0 Å². The van der Waals surface area contributed by atoms with Crippen LogP contribution < -0.4 is 10.6 Å². The molecule has 4 heteroatoms. The first kappa shape index (κ1) is 14.5. The van der Waals surface area contributed by atoms with E-state index in [2.05, 4.69) is 39.9 Å². The van der Waals surface area contributed by atoms with Crippen LogP contribution in [0.3, 0.4) is 0 Å². The van der Waals surface area contributed by atoms with Gasteiger partial charge in [-0.2, -0.15) is 0 Å². The number of amides is 1. The Morgan fingerprint density at radius 2 is 2.05 bits per heavy atom. The second-order valence-electron chi connectivity index (χ2n) is 4.77. The highest BCUT2D eigenvalue weighted by molar-refractivity contribution is 5.81. The summed E-state index contributed by atoms with van der Waals surface area (Å²) in [6.45, 7) is 1.77. The number of hydrogen-bond donors (Lipinski definition) is 2. The number of carbonyl (C=O) groups is 1. The van der Waals surface area contributed by atoms with E-state index >= 15 is 0 Å². The van der Waals surface area contributed by atoms with Gasteiger partial charge >= 0.3 is 0 Å². The molecule has 0 unspecified atom stereocenters. The maximum atomic E-state index is 11.1. The van der Waals surface area contributed by atoms with Gasteiger partial charge in [-0.15, -0.1) is 0 Å². The van der Waals surface area contributed by atoms with Gasteiger partial charge in [0.15, 0.2) is 0 Å². The lowest BCUT2D eigenvalue weighted by atomic mass is 10.1. The van der Waals surface area contributed by atoms with E-state index in [4.69, 9.17) is 0 Å². The quantitative estimate of drug-likeness (QED) is 0.756. The fraction of sp³-hybridized carbons (Fsp3) is 0.375. The first-order valence-corrected chi connectivity index (χ1v) is 7.05. The van der Waals surface area contributed by atoms with Crippen LogP contribution in [0.1, 0.15) is 18.4 Å². The number of hydrogen-bond acceptors (Lipinski definition) is 3. The fourth-order valence-corrected chi connectivity index (χ4v) is 2.22. The molecule has 0 atom stereocenters. The van der Waals surface area contributed by atoms with Crippen LogP contribution in [-0.4, -0.2) is 31.0 Å². The maximum absolute atomic E-state index is 11.1. The van der Waals surface area contributed by atoms with Gasteiger partial charge in [0.05, 0.1) is 5.52 Å². The molecule has 0 radical (unpaired) electrons. The maximum Gasteiger partial charge on any atom is 0.219 e. The molecule has 1 aromatic carbocycles. The van der Waals surface area contributed by atoms with Crippen molar-refractivity contribution in [3.63, 3.8) is 0 Å². The summed E-state index contributed by atoms with van der Waals surface area (Å²) >= 11 is 0. The number of pyridine rings is 1. The molecule has 1 amide bonds. The average Bonchev–Trinajstić information content (AvgIpc) is 2.50. The number of carbonyl (C=O) groups excluding carboxylic acids is 1. The first-order valence-electron chi connectivity index (χ1n) is 7.05. The summed E-state index contributed by atoms with van der Waals surface area (Å²) in [5.74, 6) is 0.102. The van der Waals surface area contributed by atoms with Gasteiger partial charge in [0.2, 0.25) is 5.91 Å². The highest BCUT2D eigenvalue weighted by atomic mass is 16.1. The van der Waals surface area contributed by atoms with E-state index in [0.717, 1.165) is 31.4 Å². The molecule has 0 aliphatic rings. The molecule has 0 spiro atoms. The van der Waals surface area contributed by atoms with E-state index in [1.165, 1.54) is 10.9 Å². The van der Waals surface area contributed by atoms with E-state index in [-0.39, 0.29) is 5.91 Å². The normalized spacial score (nSPS) is 10.7. The van der Waals surface area contributed by atoms with Gasteiger partial charge < -0.3 is 10.6 Å². The van der Waals surface area contributed by atoms with Crippen LogP contribution >= 0.6 is 0 Å². The minimum Gasteiger partial charge on any atom is -0.359 e. The first-order chi connectivity index (χ1) is 9.81. The number of aromatic nitrogens is 1. The molecule has 1 heterocycles. The Balaban J connectivity index is 1.77. The summed E-state index contributed by atoms with van der Waals surface area (Å²) < 4.78 is 0. The molecule has 2 aromatic rings.